The molecule has 2 fully saturated rings. The van der Waals surface area contributed by atoms with Crippen molar-refractivity contribution in [3.8, 4) is 0 Å². The monoisotopic (exact) mass is 205 g/mol. The van der Waals surface area contributed by atoms with Gasteiger partial charge in [-0.3, -0.25) is 0 Å². The molecule has 0 aliphatic carbocycles. The van der Waals surface area contributed by atoms with E-state index in [1.54, 1.807) is 0 Å². The molecule has 0 aromatic heterocycles. The van der Waals surface area contributed by atoms with Crippen molar-refractivity contribution in [1.29, 1.82) is 0 Å². The van der Waals surface area contributed by atoms with Crippen molar-refractivity contribution < 1.29 is 14.0 Å². The van der Waals surface area contributed by atoms with Crippen molar-refractivity contribution in [3.63, 3.8) is 0 Å². The number of rotatable bonds is 1. The van der Waals surface area contributed by atoms with Gasteiger partial charge in [0.15, 0.2) is 0 Å². The molecule has 0 saturated carbocycles. The zero-order chi connectivity index (χ0) is 10.5. The molecule has 2 aliphatic heterocycles. The summed E-state index contributed by atoms with van der Waals surface area (Å²) in [5, 5.41) is 0. The molecule has 0 amide bonds. The fourth-order valence-corrected chi connectivity index (χ4v) is 2.24. The Hall–Kier alpha value is -0.835. The first-order valence-corrected chi connectivity index (χ1v) is 5.31. The van der Waals surface area contributed by atoms with Crippen molar-refractivity contribution in [1.82, 2.24) is 0 Å². The highest BCUT2D eigenvalue weighted by atomic mass is 16.8. The van der Waals surface area contributed by atoms with Crippen LogP contribution in [0.1, 0.15) is 12.5 Å². The van der Waals surface area contributed by atoms with Crippen molar-refractivity contribution in [3.05, 3.63) is 29.8 Å². The molecule has 1 aromatic carbocycles. The van der Waals surface area contributed by atoms with Crippen LogP contribution in [0.2, 0.25) is 0 Å². The molecule has 3 rings (SSSR count). The van der Waals surface area contributed by atoms with E-state index in [0.717, 1.165) is 5.46 Å². The minimum Gasteiger partial charge on any atom is -0.539 e. The maximum absolute atomic E-state index is 5.89. The lowest BCUT2D eigenvalue weighted by Gasteiger charge is -2.32. The molecule has 15 heavy (non-hydrogen) atoms. The average molecular weight is 205 g/mol. The summed E-state index contributed by atoms with van der Waals surface area (Å²) in [5.41, 5.74) is 1.98. The smallest absolute Gasteiger partial charge is 0.410 e. The van der Waals surface area contributed by atoms with Crippen LogP contribution in [0.25, 0.3) is 0 Å². The molecule has 0 unspecified atom stereocenters. The Balaban J connectivity index is 1.98. The maximum Gasteiger partial charge on any atom is 0.410 e. The van der Waals surface area contributed by atoms with E-state index in [1.807, 2.05) is 19.1 Å². The van der Waals surface area contributed by atoms with Gasteiger partial charge in [-0.1, -0.05) is 29.8 Å². The largest absolute Gasteiger partial charge is 0.539 e. The normalized spacial score (nSPS) is 38.5. The Morgan fingerprint density at radius 3 is 2.20 bits per heavy atom. The van der Waals surface area contributed by atoms with Crippen LogP contribution < -0.4 is 5.46 Å². The van der Waals surface area contributed by atoms with E-state index >= 15 is 0 Å². The van der Waals surface area contributed by atoms with Gasteiger partial charge in [-0.05, 0) is 13.8 Å². The summed E-state index contributed by atoms with van der Waals surface area (Å²) in [6.07, 6.45) is 0. The molecule has 0 spiro atoms. The quantitative estimate of drug-likeness (QED) is 0.639. The molecule has 0 N–H and O–H groups in total. The summed E-state index contributed by atoms with van der Waals surface area (Å²) in [6.45, 7) is 3.69. The zero-order valence-electron chi connectivity index (χ0n) is 9.03. The van der Waals surface area contributed by atoms with Gasteiger partial charge in [0.2, 0.25) is 0 Å². The van der Waals surface area contributed by atoms with Gasteiger partial charge in [-0.15, -0.1) is 5.46 Å². The average Bonchev–Trinajstić information content (AvgIpc) is 2.73. The molecule has 1 aromatic rings. The summed E-state index contributed by atoms with van der Waals surface area (Å²) in [7, 11) is 0. The minimum atomic E-state index is -1.64. The first-order chi connectivity index (χ1) is 7.12. The van der Waals surface area contributed by atoms with E-state index in [-0.39, 0.29) is 5.60 Å². The summed E-state index contributed by atoms with van der Waals surface area (Å²) in [4.78, 5) is 0. The molecular weight excluding hydrogens is 191 g/mol. The van der Waals surface area contributed by atoms with Gasteiger partial charge in [-0.25, -0.2) is 0 Å². The lowest BCUT2D eigenvalue weighted by Crippen LogP contribution is -2.51. The van der Waals surface area contributed by atoms with Gasteiger partial charge in [0.1, 0.15) is 0 Å². The van der Waals surface area contributed by atoms with E-state index in [1.165, 1.54) is 5.56 Å². The van der Waals surface area contributed by atoms with Crippen molar-refractivity contribution in [2.24, 2.45) is 0 Å². The van der Waals surface area contributed by atoms with Crippen molar-refractivity contribution >= 4 is 12.2 Å². The SMILES string of the molecule is Cc1ccc([B-]23OCC(C)(CO2)O3)cc1. The third kappa shape index (κ3) is 1.33. The first-order valence-electron chi connectivity index (χ1n) is 5.31. The Kier molecular flexibility index (Phi) is 1.78. The van der Waals surface area contributed by atoms with E-state index in [2.05, 4.69) is 19.1 Å². The third-order valence-electron chi connectivity index (χ3n) is 3.14. The molecule has 0 radical (unpaired) electrons. The van der Waals surface area contributed by atoms with Crippen LogP contribution in [0.3, 0.4) is 0 Å². The van der Waals surface area contributed by atoms with Gasteiger partial charge in [0.25, 0.3) is 0 Å². The van der Waals surface area contributed by atoms with Gasteiger partial charge < -0.3 is 14.0 Å². The summed E-state index contributed by atoms with van der Waals surface area (Å²) in [5.74, 6) is 0. The van der Waals surface area contributed by atoms with Crippen LogP contribution in [-0.4, -0.2) is 25.6 Å². The molecule has 2 heterocycles. The van der Waals surface area contributed by atoms with Gasteiger partial charge >= 0.3 is 6.75 Å². The van der Waals surface area contributed by atoms with Gasteiger partial charge in [0.05, 0.1) is 5.60 Å². The fraction of sp³-hybridized carbons (Fsp3) is 0.455. The van der Waals surface area contributed by atoms with E-state index < -0.39 is 6.75 Å². The maximum atomic E-state index is 5.89. The predicted molar refractivity (Wildman–Crippen MR) is 58.0 cm³/mol. The molecule has 2 aliphatic rings. The summed E-state index contributed by atoms with van der Waals surface area (Å²) >= 11 is 0. The first kappa shape index (κ1) is 9.40. The van der Waals surface area contributed by atoms with E-state index in [0.29, 0.717) is 13.2 Å². The lowest BCUT2D eigenvalue weighted by molar-refractivity contribution is 0.0858. The number of benzene rings is 1. The number of fused-ring (bicyclic) bond motifs is 2. The second-order valence-electron chi connectivity index (χ2n) is 4.74. The van der Waals surface area contributed by atoms with Crippen molar-refractivity contribution in [2.45, 2.75) is 19.4 Å². The van der Waals surface area contributed by atoms with Crippen LogP contribution in [0.15, 0.2) is 24.3 Å². The Labute approximate surface area is 89.3 Å². The van der Waals surface area contributed by atoms with Crippen LogP contribution >= 0.6 is 0 Å². The molecule has 2 saturated heterocycles. The summed E-state index contributed by atoms with van der Waals surface area (Å²) in [6, 6.07) is 8.14. The Morgan fingerprint density at radius 1 is 1.13 bits per heavy atom. The highest BCUT2D eigenvalue weighted by Gasteiger charge is 2.51. The number of aryl methyl sites for hydroxylation is 1. The topological polar surface area (TPSA) is 27.7 Å². The molecule has 2 bridgehead atoms. The third-order valence-corrected chi connectivity index (χ3v) is 3.14. The van der Waals surface area contributed by atoms with Crippen molar-refractivity contribution in [2.75, 3.05) is 13.2 Å². The highest BCUT2D eigenvalue weighted by molar-refractivity contribution is 6.76. The van der Waals surface area contributed by atoms with E-state index in [4.69, 9.17) is 14.0 Å². The number of hydrogen-bond acceptors (Lipinski definition) is 3. The number of hydrogen-bond donors (Lipinski definition) is 0. The Morgan fingerprint density at radius 2 is 1.73 bits per heavy atom. The standard InChI is InChI=1S/C11H14BO3/c1-9-3-5-10(6-4-9)12-13-7-11(2,15-12)8-14-12/h3-6H,7-8H2,1-2H3/q-1. The highest BCUT2D eigenvalue weighted by Crippen LogP contribution is 2.36. The molecule has 4 heteroatoms. The van der Waals surface area contributed by atoms with E-state index in [9.17, 15) is 0 Å². The molecule has 80 valence electrons. The molecular formula is C11H14BO3-. The van der Waals surface area contributed by atoms with Gasteiger partial charge in [0, 0.05) is 13.2 Å². The Bertz CT molecular complexity index is 379. The van der Waals surface area contributed by atoms with Crippen LogP contribution in [0.5, 0.6) is 0 Å². The second-order valence-corrected chi connectivity index (χ2v) is 4.74. The van der Waals surface area contributed by atoms with Crippen LogP contribution in [0, 0.1) is 6.92 Å². The van der Waals surface area contributed by atoms with Gasteiger partial charge in [-0.2, -0.15) is 0 Å². The van der Waals surface area contributed by atoms with Crippen LogP contribution in [0.4, 0.5) is 0 Å². The molecule has 0 atom stereocenters. The second kappa shape index (κ2) is 2.85. The summed E-state index contributed by atoms with van der Waals surface area (Å²) < 4.78 is 17.3. The predicted octanol–water partition coefficient (Wildman–Crippen LogP) is 0.977. The fourth-order valence-electron chi connectivity index (χ4n) is 2.24. The van der Waals surface area contributed by atoms with Crippen LogP contribution in [-0.2, 0) is 14.0 Å². The minimum absolute atomic E-state index is 0.245. The molecule has 3 nitrogen and oxygen atoms in total. The zero-order valence-corrected chi connectivity index (χ0v) is 9.03. The lowest BCUT2D eigenvalue weighted by atomic mass is 9.69.